The number of anilines is 2. The van der Waals surface area contributed by atoms with Crippen molar-refractivity contribution in [3.8, 4) is 0 Å². The van der Waals surface area contributed by atoms with Gasteiger partial charge in [-0.1, -0.05) is 13.0 Å². The molecule has 1 aromatic rings. The van der Waals surface area contributed by atoms with Gasteiger partial charge in [0.15, 0.2) is 0 Å². The molecule has 0 aromatic heterocycles. The Morgan fingerprint density at radius 3 is 2.60 bits per heavy atom. The van der Waals surface area contributed by atoms with Gasteiger partial charge in [0.2, 0.25) is 15.9 Å². The zero-order valence-electron chi connectivity index (χ0n) is 15.1. The zero-order chi connectivity index (χ0) is 18.3. The number of nitrogens with one attached hydrogen (secondary N) is 3. The van der Waals surface area contributed by atoms with Crippen LogP contribution >= 0.6 is 0 Å². The molecule has 1 fully saturated rings. The number of benzene rings is 1. The van der Waals surface area contributed by atoms with Crippen LogP contribution in [0.3, 0.4) is 0 Å². The van der Waals surface area contributed by atoms with Crippen LogP contribution in [0, 0.1) is 12.8 Å². The van der Waals surface area contributed by atoms with Crippen LogP contribution in [0.15, 0.2) is 18.2 Å². The molecular formula is C18H29N3O3S. The highest BCUT2D eigenvalue weighted by atomic mass is 32.2. The summed E-state index contributed by atoms with van der Waals surface area (Å²) in [6.07, 6.45) is 4.20. The molecule has 0 aliphatic carbocycles. The highest BCUT2D eigenvalue weighted by Crippen LogP contribution is 2.25. The standard InChI is InChI=1S/C18H29N3O3S/c1-3-13-25(23,24)21-17-6-4-5-16(14(17)2)20-18(22)8-7-15-9-11-19-12-10-15/h4-6,15,19,21H,3,7-13H2,1-2H3,(H,20,22). The molecule has 140 valence electrons. The molecule has 7 heteroatoms. The molecule has 0 unspecified atom stereocenters. The monoisotopic (exact) mass is 367 g/mol. The molecular weight excluding hydrogens is 338 g/mol. The summed E-state index contributed by atoms with van der Waals surface area (Å²) in [5, 5.41) is 6.25. The summed E-state index contributed by atoms with van der Waals surface area (Å²) in [6.45, 7) is 5.70. The summed E-state index contributed by atoms with van der Waals surface area (Å²) < 4.78 is 26.5. The number of carbonyl (C=O) groups excluding carboxylic acids is 1. The molecule has 1 aromatic carbocycles. The average Bonchev–Trinajstić information content (AvgIpc) is 2.57. The Hall–Kier alpha value is -1.60. The van der Waals surface area contributed by atoms with E-state index in [9.17, 15) is 13.2 Å². The van der Waals surface area contributed by atoms with Crippen molar-refractivity contribution in [1.82, 2.24) is 5.32 Å². The molecule has 6 nitrogen and oxygen atoms in total. The SMILES string of the molecule is CCCS(=O)(=O)Nc1cccc(NC(=O)CCC2CCNCC2)c1C. The largest absolute Gasteiger partial charge is 0.326 e. The molecule has 1 aliphatic heterocycles. The molecule has 0 spiro atoms. The molecule has 0 saturated carbocycles. The van der Waals surface area contributed by atoms with Crippen molar-refractivity contribution >= 4 is 27.3 Å². The number of amides is 1. The number of hydrogen-bond acceptors (Lipinski definition) is 4. The van der Waals surface area contributed by atoms with Gasteiger partial charge >= 0.3 is 0 Å². The lowest BCUT2D eigenvalue weighted by atomic mass is 9.93. The summed E-state index contributed by atoms with van der Waals surface area (Å²) in [4.78, 5) is 12.2. The van der Waals surface area contributed by atoms with Crippen molar-refractivity contribution in [2.45, 2.75) is 46.0 Å². The van der Waals surface area contributed by atoms with Crippen LogP contribution in [0.4, 0.5) is 11.4 Å². The Morgan fingerprint density at radius 1 is 1.24 bits per heavy atom. The van der Waals surface area contributed by atoms with E-state index in [0.717, 1.165) is 37.9 Å². The van der Waals surface area contributed by atoms with Crippen molar-refractivity contribution in [2.24, 2.45) is 5.92 Å². The fourth-order valence-electron chi connectivity index (χ4n) is 3.09. The van der Waals surface area contributed by atoms with Crippen LogP contribution in [-0.4, -0.2) is 33.2 Å². The normalized spacial score (nSPS) is 15.8. The number of sulfonamides is 1. The summed E-state index contributed by atoms with van der Waals surface area (Å²) in [5.74, 6) is 0.676. The number of piperidine rings is 1. The second-order valence-electron chi connectivity index (χ2n) is 6.68. The Morgan fingerprint density at radius 2 is 1.92 bits per heavy atom. The molecule has 1 aliphatic rings. The van der Waals surface area contributed by atoms with Gasteiger partial charge in [-0.3, -0.25) is 9.52 Å². The van der Waals surface area contributed by atoms with E-state index >= 15 is 0 Å². The van der Waals surface area contributed by atoms with E-state index in [0.29, 0.717) is 30.1 Å². The van der Waals surface area contributed by atoms with E-state index in [1.54, 1.807) is 18.2 Å². The first-order valence-corrected chi connectivity index (χ1v) is 10.7. The second-order valence-corrected chi connectivity index (χ2v) is 8.52. The maximum atomic E-state index is 12.2. The predicted octanol–water partition coefficient (Wildman–Crippen LogP) is 2.87. The van der Waals surface area contributed by atoms with Gasteiger partial charge in [0.25, 0.3) is 0 Å². The zero-order valence-corrected chi connectivity index (χ0v) is 15.9. The maximum absolute atomic E-state index is 12.2. The molecule has 0 bridgehead atoms. The van der Waals surface area contributed by atoms with Gasteiger partial charge in [0.1, 0.15) is 0 Å². The van der Waals surface area contributed by atoms with Gasteiger partial charge in [-0.05, 0) is 69.3 Å². The van der Waals surface area contributed by atoms with E-state index in [1.807, 2.05) is 13.8 Å². The van der Waals surface area contributed by atoms with Crippen LogP contribution in [0.2, 0.25) is 0 Å². The minimum atomic E-state index is -3.35. The van der Waals surface area contributed by atoms with Crippen LogP contribution in [0.1, 0.15) is 44.6 Å². The average molecular weight is 368 g/mol. The van der Waals surface area contributed by atoms with Gasteiger partial charge in [0.05, 0.1) is 11.4 Å². The van der Waals surface area contributed by atoms with E-state index in [-0.39, 0.29) is 11.7 Å². The van der Waals surface area contributed by atoms with Gasteiger partial charge in [0, 0.05) is 12.1 Å². The molecule has 1 heterocycles. The number of rotatable bonds is 8. The third-order valence-corrected chi connectivity index (χ3v) is 6.06. The molecule has 3 N–H and O–H groups in total. The van der Waals surface area contributed by atoms with Crippen LogP contribution in [0.5, 0.6) is 0 Å². The minimum Gasteiger partial charge on any atom is -0.326 e. The van der Waals surface area contributed by atoms with Gasteiger partial charge < -0.3 is 10.6 Å². The topological polar surface area (TPSA) is 87.3 Å². The fraction of sp³-hybridized carbons (Fsp3) is 0.611. The lowest BCUT2D eigenvalue weighted by molar-refractivity contribution is -0.116. The fourth-order valence-corrected chi connectivity index (χ4v) is 4.28. The van der Waals surface area contributed by atoms with E-state index in [2.05, 4.69) is 15.4 Å². The summed E-state index contributed by atoms with van der Waals surface area (Å²) in [5.41, 5.74) is 1.91. The highest BCUT2D eigenvalue weighted by molar-refractivity contribution is 7.92. The van der Waals surface area contributed by atoms with Gasteiger partial charge in [-0.2, -0.15) is 0 Å². The lowest BCUT2D eigenvalue weighted by Gasteiger charge is -2.22. The Balaban J connectivity index is 1.95. The summed E-state index contributed by atoms with van der Waals surface area (Å²) in [6, 6.07) is 5.27. The van der Waals surface area contributed by atoms with Crippen molar-refractivity contribution in [3.05, 3.63) is 23.8 Å². The first kappa shape index (κ1) is 19.7. The van der Waals surface area contributed by atoms with E-state index in [1.165, 1.54) is 0 Å². The molecule has 0 atom stereocenters. The smallest absolute Gasteiger partial charge is 0.232 e. The Bertz CT molecular complexity index is 683. The number of hydrogen-bond donors (Lipinski definition) is 3. The van der Waals surface area contributed by atoms with Crippen molar-refractivity contribution in [1.29, 1.82) is 0 Å². The molecule has 1 amide bonds. The van der Waals surface area contributed by atoms with E-state index in [4.69, 9.17) is 0 Å². The van der Waals surface area contributed by atoms with Crippen molar-refractivity contribution in [3.63, 3.8) is 0 Å². The Kier molecular flexibility index (Phi) is 7.25. The number of carbonyl (C=O) groups is 1. The summed E-state index contributed by atoms with van der Waals surface area (Å²) >= 11 is 0. The third kappa shape index (κ3) is 6.32. The molecule has 0 radical (unpaired) electrons. The molecule has 1 saturated heterocycles. The third-order valence-electron chi connectivity index (χ3n) is 4.58. The first-order chi connectivity index (χ1) is 11.9. The molecule has 2 rings (SSSR count). The second kappa shape index (κ2) is 9.20. The highest BCUT2D eigenvalue weighted by Gasteiger charge is 2.16. The summed E-state index contributed by atoms with van der Waals surface area (Å²) in [7, 11) is -3.35. The Labute approximate surface area is 150 Å². The van der Waals surface area contributed by atoms with Crippen molar-refractivity contribution < 1.29 is 13.2 Å². The van der Waals surface area contributed by atoms with Crippen LogP contribution in [-0.2, 0) is 14.8 Å². The van der Waals surface area contributed by atoms with Gasteiger partial charge in [-0.25, -0.2) is 8.42 Å². The van der Waals surface area contributed by atoms with Crippen LogP contribution < -0.4 is 15.4 Å². The minimum absolute atomic E-state index is 0.0183. The lowest BCUT2D eigenvalue weighted by Crippen LogP contribution is -2.28. The van der Waals surface area contributed by atoms with Gasteiger partial charge in [-0.15, -0.1) is 0 Å². The first-order valence-electron chi connectivity index (χ1n) is 9.02. The van der Waals surface area contributed by atoms with E-state index < -0.39 is 10.0 Å². The maximum Gasteiger partial charge on any atom is 0.232 e. The molecule has 25 heavy (non-hydrogen) atoms. The van der Waals surface area contributed by atoms with Crippen LogP contribution in [0.25, 0.3) is 0 Å². The predicted molar refractivity (Wildman–Crippen MR) is 102 cm³/mol. The van der Waals surface area contributed by atoms with Crippen molar-refractivity contribution in [2.75, 3.05) is 28.9 Å². The quantitative estimate of drug-likeness (QED) is 0.659.